The van der Waals surface area contributed by atoms with Crippen LogP contribution in [-0.4, -0.2) is 52.9 Å². The Bertz CT molecular complexity index is 1620. The molecule has 0 unspecified atom stereocenters. The van der Waals surface area contributed by atoms with Crippen LogP contribution < -0.4 is 10.6 Å². The van der Waals surface area contributed by atoms with Crippen LogP contribution in [0.3, 0.4) is 0 Å². The van der Waals surface area contributed by atoms with Crippen LogP contribution in [0.15, 0.2) is 47.8 Å². The van der Waals surface area contributed by atoms with Gasteiger partial charge >= 0.3 is 0 Å². The van der Waals surface area contributed by atoms with E-state index < -0.39 is 0 Å². The van der Waals surface area contributed by atoms with Crippen molar-refractivity contribution >= 4 is 40.5 Å². The van der Waals surface area contributed by atoms with Crippen LogP contribution in [0.25, 0.3) is 33.5 Å². The van der Waals surface area contributed by atoms with Crippen LogP contribution in [0.2, 0.25) is 0 Å². The van der Waals surface area contributed by atoms with Gasteiger partial charge in [0.1, 0.15) is 5.01 Å². The lowest BCUT2D eigenvalue weighted by atomic mass is 10.0. The van der Waals surface area contributed by atoms with Crippen molar-refractivity contribution in [1.82, 2.24) is 20.2 Å². The predicted octanol–water partition coefficient (Wildman–Crippen LogP) is 6.05. The Morgan fingerprint density at radius 1 is 1.07 bits per heavy atom. The highest BCUT2D eigenvalue weighted by Crippen LogP contribution is 2.38. The number of nitrogens with zero attached hydrogens (tertiary/aromatic N) is 2. The summed E-state index contributed by atoms with van der Waals surface area (Å²) in [6.45, 7) is 9.62. The van der Waals surface area contributed by atoms with Crippen LogP contribution in [0.5, 0.6) is 0 Å². The molecule has 0 spiro atoms. The Hall–Kier alpha value is -4.01. The Kier molecular flexibility index (Phi) is 7.12. The Balaban J connectivity index is 1.25. The molecule has 0 bridgehead atoms. The number of hydrogen-bond donors (Lipinski definition) is 3. The van der Waals surface area contributed by atoms with E-state index in [4.69, 9.17) is 4.98 Å². The molecule has 0 aliphatic carbocycles. The summed E-state index contributed by atoms with van der Waals surface area (Å²) in [5.74, 6) is -0.240. The maximum atomic E-state index is 13.0. The van der Waals surface area contributed by atoms with Gasteiger partial charge < -0.3 is 20.5 Å². The Morgan fingerprint density at radius 3 is 2.60 bits per heavy atom. The minimum absolute atomic E-state index is 0.0819. The first-order valence-electron chi connectivity index (χ1n) is 13.8. The quantitative estimate of drug-likeness (QED) is 0.244. The van der Waals surface area contributed by atoms with Gasteiger partial charge in [0.15, 0.2) is 0 Å². The lowest BCUT2D eigenvalue weighted by Gasteiger charge is -2.14. The first-order valence-corrected chi connectivity index (χ1v) is 14.7. The lowest BCUT2D eigenvalue weighted by Crippen LogP contribution is -2.33. The first-order chi connectivity index (χ1) is 19.4. The zero-order valence-corrected chi connectivity index (χ0v) is 23.9. The smallest absolute Gasteiger partial charge is 0.256 e. The summed E-state index contributed by atoms with van der Waals surface area (Å²) in [5, 5.41) is 9.07. The second-order valence-corrected chi connectivity index (χ2v) is 11.5. The maximum absolute atomic E-state index is 13.0. The summed E-state index contributed by atoms with van der Waals surface area (Å²) < 4.78 is 0. The van der Waals surface area contributed by atoms with E-state index in [1.807, 2.05) is 38.1 Å². The SMILES string of the molecule is Cc1ccc(-c2nc(-c3ccc4c(c3)/C(=C/c3[nH]c(C)c(C(=O)NCCN5CCCC5)c3C)C(=O)N4)cs2)cc1. The molecule has 6 rings (SSSR count). The van der Waals surface area contributed by atoms with Crippen molar-refractivity contribution < 1.29 is 9.59 Å². The van der Waals surface area contributed by atoms with E-state index in [0.29, 0.717) is 17.7 Å². The summed E-state index contributed by atoms with van der Waals surface area (Å²) in [7, 11) is 0. The number of anilines is 1. The zero-order valence-electron chi connectivity index (χ0n) is 23.1. The number of thiazole rings is 1. The summed E-state index contributed by atoms with van der Waals surface area (Å²) >= 11 is 1.61. The van der Waals surface area contributed by atoms with Gasteiger partial charge in [-0.2, -0.15) is 0 Å². The molecule has 2 aliphatic rings. The van der Waals surface area contributed by atoms with Gasteiger partial charge in [0.2, 0.25) is 0 Å². The highest BCUT2D eigenvalue weighted by molar-refractivity contribution is 7.13. The molecule has 1 saturated heterocycles. The van der Waals surface area contributed by atoms with Crippen LogP contribution in [0.4, 0.5) is 5.69 Å². The van der Waals surface area contributed by atoms with Crippen LogP contribution in [-0.2, 0) is 4.79 Å². The molecular formula is C32H33N5O2S. The number of benzene rings is 2. The van der Waals surface area contributed by atoms with E-state index in [1.165, 1.54) is 18.4 Å². The number of H-pyrrole nitrogens is 1. The number of rotatable bonds is 7. The average molecular weight is 552 g/mol. The molecule has 40 heavy (non-hydrogen) atoms. The Labute approximate surface area is 238 Å². The van der Waals surface area contributed by atoms with Gasteiger partial charge in [0.05, 0.1) is 16.8 Å². The van der Waals surface area contributed by atoms with Crippen LogP contribution in [0.1, 0.15) is 51.3 Å². The maximum Gasteiger partial charge on any atom is 0.256 e. The highest BCUT2D eigenvalue weighted by Gasteiger charge is 2.26. The van der Waals surface area contributed by atoms with E-state index in [1.54, 1.807) is 11.3 Å². The van der Waals surface area contributed by atoms with Gasteiger partial charge in [0.25, 0.3) is 11.8 Å². The summed E-state index contributed by atoms with van der Waals surface area (Å²) in [4.78, 5) is 36.6. The molecule has 4 heterocycles. The van der Waals surface area contributed by atoms with Crippen LogP contribution >= 0.6 is 11.3 Å². The highest BCUT2D eigenvalue weighted by atomic mass is 32.1. The fourth-order valence-corrected chi connectivity index (χ4v) is 6.39. The molecule has 0 radical (unpaired) electrons. The van der Waals surface area contributed by atoms with Gasteiger partial charge in [0, 0.05) is 52.2 Å². The number of nitrogens with one attached hydrogen (secondary N) is 3. The molecule has 2 aromatic heterocycles. The fraction of sp³-hybridized carbons (Fsp3) is 0.281. The number of carbonyl (C=O) groups excluding carboxylic acids is 2. The first kappa shape index (κ1) is 26.2. The van der Waals surface area contributed by atoms with Crippen molar-refractivity contribution in [2.45, 2.75) is 33.6 Å². The van der Waals surface area contributed by atoms with Gasteiger partial charge in [-0.25, -0.2) is 4.98 Å². The third-order valence-corrected chi connectivity index (χ3v) is 8.70. The van der Waals surface area contributed by atoms with Crippen molar-refractivity contribution in [2.24, 2.45) is 0 Å². The van der Waals surface area contributed by atoms with Gasteiger partial charge in [-0.05, 0) is 70.5 Å². The fourth-order valence-electron chi connectivity index (χ4n) is 5.55. The third kappa shape index (κ3) is 5.12. The molecule has 1 fully saturated rings. The number of hydrogen-bond acceptors (Lipinski definition) is 5. The lowest BCUT2D eigenvalue weighted by molar-refractivity contribution is -0.110. The minimum atomic E-state index is -0.158. The van der Waals surface area contributed by atoms with E-state index in [0.717, 1.165) is 69.7 Å². The number of fused-ring (bicyclic) bond motifs is 1. The standard InChI is InChI=1S/C32H33N5O2S/c1-19-6-8-22(9-7-19)32-36-28(18-40-32)23-10-11-26-24(16-23)25(30(38)35-26)17-27-20(2)29(21(3)34-27)31(39)33-12-15-37-13-4-5-14-37/h6-11,16-18,34H,4-5,12-15H2,1-3H3,(H,33,39)(H,35,38)/b25-17-. The van der Waals surface area contributed by atoms with Crippen molar-refractivity contribution in [2.75, 3.05) is 31.5 Å². The van der Waals surface area contributed by atoms with Crippen molar-refractivity contribution in [3.63, 3.8) is 0 Å². The van der Waals surface area contributed by atoms with Gasteiger partial charge in [-0.1, -0.05) is 35.9 Å². The summed E-state index contributed by atoms with van der Waals surface area (Å²) in [5.41, 5.74) is 9.34. The molecular weight excluding hydrogens is 518 g/mol. The number of carbonyl (C=O) groups is 2. The average Bonchev–Trinajstić information content (AvgIpc) is 3.73. The molecule has 204 valence electrons. The normalized spacial score (nSPS) is 16.0. The predicted molar refractivity (Wildman–Crippen MR) is 162 cm³/mol. The number of likely N-dealkylation sites (tertiary alicyclic amines) is 1. The van der Waals surface area contributed by atoms with E-state index in [-0.39, 0.29) is 11.8 Å². The van der Waals surface area contributed by atoms with Gasteiger partial charge in [-0.15, -0.1) is 11.3 Å². The molecule has 0 saturated carbocycles. The molecule has 2 amide bonds. The molecule has 2 aliphatic heterocycles. The second kappa shape index (κ2) is 10.9. The second-order valence-electron chi connectivity index (χ2n) is 10.6. The monoisotopic (exact) mass is 551 g/mol. The van der Waals surface area contributed by atoms with Gasteiger partial charge in [-0.3, -0.25) is 9.59 Å². The summed E-state index contributed by atoms with van der Waals surface area (Å²) in [6, 6.07) is 14.3. The van der Waals surface area contributed by atoms with E-state index >= 15 is 0 Å². The number of amides is 2. The molecule has 8 heteroatoms. The molecule has 4 aromatic rings. The van der Waals surface area contributed by atoms with E-state index in [2.05, 4.69) is 57.1 Å². The Morgan fingerprint density at radius 2 is 1.82 bits per heavy atom. The third-order valence-electron chi connectivity index (χ3n) is 7.81. The molecule has 0 atom stereocenters. The van der Waals surface area contributed by atoms with Crippen LogP contribution in [0, 0.1) is 20.8 Å². The van der Waals surface area contributed by atoms with Crippen molar-refractivity contribution in [3.8, 4) is 21.8 Å². The zero-order chi connectivity index (χ0) is 27.8. The molecule has 2 aromatic carbocycles. The van der Waals surface area contributed by atoms with E-state index in [9.17, 15) is 9.59 Å². The minimum Gasteiger partial charge on any atom is -0.358 e. The largest absolute Gasteiger partial charge is 0.358 e. The molecule has 3 N–H and O–H groups in total. The number of aryl methyl sites for hydroxylation is 2. The summed E-state index contributed by atoms with van der Waals surface area (Å²) in [6.07, 6.45) is 4.32. The van der Waals surface area contributed by atoms with Crippen molar-refractivity contribution in [1.29, 1.82) is 0 Å². The van der Waals surface area contributed by atoms with Crippen molar-refractivity contribution in [3.05, 3.63) is 81.5 Å². The number of aromatic nitrogens is 2. The topological polar surface area (TPSA) is 90.1 Å². The number of aromatic amines is 1. The molecule has 7 nitrogen and oxygen atoms in total.